The van der Waals surface area contributed by atoms with E-state index in [1.807, 2.05) is 6.07 Å². The lowest BCUT2D eigenvalue weighted by Crippen LogP contribution is -2.32. The number of nitrogens with one attached hydrogen (secondary N) is 1. The van der Waals surface area contributed by atoms with Crippen molar-refractivity contribution in [3.05, 3.63) is 15.8 Å². The van der Waals surface area contributed by atoms with E-state index in [1.165, 1.54) is 7.05 Å². The number of aliphatic hydroxyl groups excluding tert-OH is 1. The molecule has 0 bridgehead atoms. The van der Waals surface area contributed by atoms with Gasteiger partial charge in [0, 0.05) is 13.6 Å². The van der Waals surface area contributed by atoms with Crippen molar-refractivity contribution in [1.29, 1.82) is 0 Å². The van der Waals surface area contributed by atoms with Crippen molar-refractivity contribution in [3.8, 4) is 5.75 Å². The second-order valence-corrected chi connectivity index (χ2v) is 5.45. The van der Waals surface area contributed by atoms with Gasteiger partial charge < -0.3 is 20.1 Å². The molecule has 0 spiro atoms. The van der Waals surface area contributed by atoms with E-state index in [9.17, 15) is 9.90 Å². The average molecular weight is 377 g/mol. The summed E-state index contributed by atoms with van der Waals surface area (Å²) < 4.78 is 5.89. The van der Waals surface area contributed by atoms with Crippen LogP contribution in [0.3, 0.4) is 0 Å². The molecule has 1 aromatic rings. The highest BCUT2D eigenvalue weighted by Gasteiger charge is 2.25. The largest absolute Gasteiger partial charge is 0.412 e. The zero-order valence-corrected chi connectivity index (χ0v) is 12.8. The van der Waals surface area contributed by atoms with Crippen LogP contribution >= 0.6 is 22.6 Å². The molecule has 2 rings (SSSR count). The monoisotopic (exact) mass is 377 g/mol. The van der Waals surface area contributed by atoms with E-state index in [-0.39, 0.29) is 12.6 Å². The smallest absolute Gasteiger partial charge is 0.408 e. The number of halogens is 1. The van der Waals surface area contributed by atoms with Gasteiger partial charge in [-0.05, 0) is 41.5 Å². The number of rotatable bonds is 3. The topological polar surface area (TPSA) is 74.7 Å². The van der Waals surface area contributed by atoms with Crippen molar-refractivity contribution < 1.29 is 14.6 Å². The fourth-order valence-electron chi connectivity index (χ4n) is 2.12. The lowest BCUT2D eigenvalue weighted by atomic mass is 10.2. The molecule has 0 radical (unpaired) electrons. The Morgan fingerprint density at radius 2 is 2.53 bits per heavy atom. The first-order valence-electron chi connectivity index (χ1n) is 6.08. The molecule has 7 heteroatoms. The lowest BCUT2D eigenvalue weighted by Gasteiger charge is -2.24. The molecule has 0 aromatic carbocycles. The fourth-order valence-corrected chi connectivity index (χ4v) is 2.65. The van der Waals surface area contributed by atoms with E-state index in [0.717, 1.165) is 28.8 Å². The summed E-state index contributed by atoms with van der Waals surface area (Å²) in [6.07, 6.45) is 3.06. The van der Waals surface area contributed by atoms with Gasteiger partial charge >= 0.3 is 6.09 Å². The van der Waals surface area contributed by atoms with Gasteiger partial charge in [0.1, 0.15) is 5.82 Å². The van der Waals surface area contributed by atoms with Crippen LogP contribution in [-0.2, 0) is 0 Å². The minimum Gasteiger partial charge on any atom is -0.408 e. The van der Waals surface area contributed by atoms with E-state index in [2.05, 4.69) is 37.8 Å². The molecular formula is C12H16IN3O3. The highest BCUT2D eigenvalue weighted by molar-refractivity contribution is 14.1. The normalized spacial score (nSPS) is 18.5. The van der Waals surface area contributed by atoms with Gasteiger partial charge in [-0.15, -0.1) is 0 Å². The van der Waals surface area contributed by atoms with Crippen LogP contribution in [0.25, 0.3) is 0 Å². The fraction of sp³-hybridized carbons (Fsp3) is 0.500. The van der Waals surface area contributed by atoms with E-state index in [1.54, 1.807) is 6.20 Å². The number of anilines is 1. The lowest BCUT2D eigenvalue weighted by molar-refractivity contribution is 0.202. The molecule has 19 heavy (non-hydrogen) atoms. The van der Waals surface area contributed by atoms with Gasteiger partial charge in [0.05, 0.1) is 22.4 Å². The Kier molecular flexibility index (Phi) is 4.81. The second kappa shape index (κ2) is 6.38. The number of aromatic nitrogens is 1. The quantitative estimate of drug-likeness (QED) is 0.779. The Labute approximate surface area is 125 Å². The van der Waals surface area contributed by atoms with Crippen LogP contribution in [0.2, 0.25) is 0 Å². The molecular weight excluding hydrogens is 361 g/mol. The Balaban J connectivity index is 2.16. The van der Waals surface area contributed by atoms with Crippen molar-refractivity contribution >= 4 is 34.5 Å². The van der Waals surface area contributed by atoms with Crippen molar-refractivity contribution in [2.75, 3.05) is 25.1 Å². The number of hydrogen-bond donors (Lipinski definition) is 2. The van der Waals surface area contributed by atoms with Gasteiger partial charge in [0.15, 0.2) is 5.75 Å². The van der Waals surface area contributed by atoms with Crippen LogP contribution < -0.4 is 15.0 Å². The van der Waals surface area contributed by atoms with Gasteiger partial charge in [0.2, 0.25) is 0 Å². The molecule has 1 aliphatic heterocycles. The Bertz CT molecular complexity index is 470. The summed E-state index contributed by atoms with van der Waals surface area (Å²) in [5, 5.41) is 11.7. The molecule has 1 aliphatic rings. The van der Waals surface area contributed by atoms with Gasteiger partial charge in [-0.2, -0.15) is 0 Å². The standard InChI is InChI=1S/C12H16IN3O3/c1-14-12(18)19-10-6-15-11(5-9(10)13)16-4-2-3-8(16)7-17/h5-6,8,17H,2-4,7H2,1H3,(H,14,18)/t8-/m0/s1. The van der Waals surface area contributed by atoms with Gasteiger partial charge in [-0.1, -0.05) is 0 Å². The Hall–Kier alpha value is -1.09. The van der Waals surface area contributed by atoms with Crippen LogP contribution in [-0.4, -0.2) is 42.4 Å². The van der Waals surface area contributed by atoms with E-state index in [0.29, 0.717) is 5.75 Å². The highest BCUT2D eigenvalue weighted by Crippen LogP contribution is 2.28. The predicted molar refractivity (Wildman–Crippen MR) is 79.5 cm³/mol. The van der Waals surface area contributed by atoms with Crippen molar-refractivity contribution in [3.63, 3.8) is 0 Å². The van der Waals surface area contributed by atoms with Crippen molar-refractivity contribution in [2.45, 2.75) is 18.9 Å². The maximum absolute atomic E-state index is 11.2. The summed E-state index contributed by atoms with van der Waals surface area (Å²) in [5.41, 5.74) is 0. The number of carbonyl (C=O) groups is 1. The molecule has 1 aromatic heterocycles. The molecule has 1 saturated heterocycles. The minimum atomic E-state index is -0.512. The van der Waals surface area contributed by atoms with Crippen LogP contribution in [0.1, 0.15) is 12.8 Å². The summed E-state index contributed by atoms with van der Waals surface area (Å²) in [6.45, 7) is 1.03. The van der Waals surface area contributed by atoms with E-state index < -0.39 is 6.09 Å². The van der Waals surface area contributed by atoms with Crippen molar-refractivity contribution in [2.24, 2.45) is 0 Å². The molecule has 0 aliphatic carbocycles. The third-order valence-corrected chi connectivity index (χ3v) is 3.94. The molecule has 2 N–H and O–H groups in total. The number of aliphatic hydroxyl groups is 1. The number of amides is 1. The van der Waals surface area contributed by atoms with Crippen LogP contribution in [0.15, 0.2) is 12.3 Å². The predicted octanol–water partition coefficient (Wildman–Crippen LogP) is 1.37. The number of pyridine rings is 1. The van der Waals surface area contributed by atoms with Crippen LogP contribution in [0.4, 0.5) is 10.6 Å². The number of hydrogen-bond acceptors (Lipinski definition) is 5. The second-order valence-electron chi connectivity index (χ2n) is 4.28. The maximum atomic E-state index is 11.2. The molecule has 6 nitrogen and oxygen atoms in total. The third-order valence-electron chi connectivity index (χ3n) is 3.09. The van der Waals surface area contributed by atoms with Crippen LogP contribution in [0.5, 0.6) is 5.75 Å². The highest BCUT2D eigenvalue weighted by atomic mass is 127. The first kappa shape index (κ1) is 14.3. The summed E-state index contributed by atoms with van der Waals surface area (Å²) in [4.78, 5) is 17.6. The molecule has 0 saturated carbocycles. The van der Waals surface area contributed by atoms with Crippen LogP contribution in [0, 0.1) is 3.57 Å². The first-order chi connectivity index (χ1) is 9.15. The maximum Gasteiger partial charge on any atom is 0.412 e. The summed E-state index contributed by atoms with van der Waals surface area (Å²) in [7, 11) is 1.51. The summed E-state index contributed by atoms with van der Waals surface area (Å²) in [5.74, 6) is 1.24. The molecule has 2 heterocycles. The zero-order chi connectivity index (χ0) is 13.8. The molecule has 0 unspecified atom stereocenters. The van der Waals surface area contributed by atoms with Gasteiger partial charge in [-0.25, -0.2) is 9.78 Å². The Morgan fingerprint density at radius 3 is 3.16 bits per heavy atom. The number of nitrogens with zero attached hydrogens (tertiary/aromatic N) is 2. The number of ether oxygens (including phenoxy) is 1. The average Bonchev–Trinajstić information content (AvgIpc) is 2.89. The molecule has 1 fully saturated rings. The zero-order valence-electron chi connectivity index (χ0n) is 10.6. The molecule has 1 atom stereocenters. The summed E-state index contributed by atoms with van der Waals surface area (Å²) >= 11 is 2.11. The third kappa shape index (κ3) is 3.27. The first-order valence-corrected chi connectivity index (χ1v) is 7.16. The van der Waals surface area contributed by atoms with Gasteiger partial charge in [0.25, 0.3) is 0 Å². The minimum absolute atomic E-state index is 0.133. The number of carbonyl (C=O) groups excluding carboxylic acids is 1. The molecule has 104 valence electrons. The van der Waals surface area contributed by atoms with E-state index >= 15 is 0 Å². The van der Waals surface area contributed by atoms with Gasteiger partial charge in [-0.3, -0.25) is 0 Å². The van der Waals surface area contributed by atoms with E-state index in [4.69, 9.17) is 4.74 Å². The molecule has 1 amide bonds. The Morgan fingerprint density at radius 1 is 1.74 bits per heavy atom. The van der Waals surface area contributed by atoms with Crippen molar-refractivity contribution in [1.82, 2.24) is 10.3 Å². The SMILES string of the molecule is CNC(=O)Oc1cnc(N2CCC[C@H]2CO)cc1I. The summed E-state index contributed by atoms with van der Waals surface area (Å²) in [6, 6.07) is 2.00.